The van der Waals surface area contributed by atoms with Crippen LogP contribution >= 0.6 is 23.2 Å². The predicted octanol–water partition coefficient (Wildman–Crippen LogP) is 6.19. The van der Waals surface area contributed by atoms with E-state index in [-0.39, 0.29) is 39.5 Å². The van der Waals surface area contributed by atoms with Gasteiger partial charge in [0.2, 0.25) is 11.8 Å². The topological polar surface area (TPSA) is 86.8 Å². The molecule has 1 N–H and O–H groups in total. The average molecular weight is 639 g/mol. The van der Waals surface area contributed by atoms with Gasteiger partial charge < -0.3 is 10.2 Å². The fourth-order valence-electron chi connectivity index (χ4n) is 4.64. The van der Waals surface area contributed by atoms with Crippen molar-refractivity contribution in [1.29, 1.82) is 0 Å². The third-order valence-electron chi connectivity index (χ3n) is 7.06. The number of amides is 2. The highest BCUT2D eigenvalue weighted by atomic mass is 35.5. The number of aryl methyl sites for hydroxylation is 2. The van der Waals surface area contributed by atoms with Gasteiger partial charge in [0.25, 0.3) is 10.0 Å². The van der Waals surface area contributed by atoms with E-state index in [0.717, 1.165) is 26.6 Å². The fraction of sp³-hybridized carbons (Fsp3) is 0.212. The molecule has 0 radical (unpaired) electrons. The van der Waals surface area contributed by atoms with Crippen LogP contribution in [0.4, 0.5) is 5.69 Å². The van der Waals surface area contributed by atoms with E-state index in [4.69, 9.17) is 23.2 Å². The Hall–Kier alpha value is -3.85. The van der Waals surface area contributed by atoms with Gasteiger partial charge in [-0.3, -0.25) is 13.9 Å². The molecular weight excluding hydrogens is 605 g/mol. The summed E-state index contributed by atoms with van der Waals surface area (Å²) in [4.78, 5) is 29.1. The molecule has 4 aromatic rings. The standard InChI is InChI=1S/C33H33Cl2N3O4S/c1-23-9-13-26(14-10-23)21-37(31(33(40)36-3)19-25-7-5-4-6-8-25)32(39)22-38(30-20-27(34)15-18-29(30)35)43(41,42)28-16-11-24(2)12-17-28/h4-18,20,31H,19,21-22H2,1-3H3,(H,36,40)/t31-/m0/s1. The van der Waals surface area contributed by atoms with Crippen LogP contribution in [0.5, 0.6) is 0 Å². The molecule has 0 heterocycles. The second kappa shape index (κ2) is 14.1. The van der Waals surface area contributed by atoms with E-state index in [9.17, 15) is 18.0 Å². The Kier molecular flexibility index (Phi) is 10.5. The molecule has 10 heteroatoms. The highest BCUT2D eigenvalue weighted by Gasteiger charge is 2.35. The normalized spacial score (nSPS) is 11.9. The molecule has 0 aliphatic carbocycles. The summed E-state index contributed by atoms with van der Waals surface area (Å²) in [6.45, 7) is 3.26. The Bertz CT molecular complexity index is 1680. The van der Waals surface area contributed by atoms with Crippen LogP contribution < -0.4 is 9.62 Å². The third kappa shape index (κ3) is 7.96. The second-order valence-electron chi connectivity index (χ2n) is 10.2. The first-order valence-electron chi connectivity index (χ1n) is 13.6. The van der Waals surface area contributed by atoms with Gasteiger partial charge in [-0.2, -0.15) is 0 Å². The van der Waals surface area contributed by atoms with Crippen LogP contribution in [0.25, 0.3) is 0 Å². The Morgan fingerprint density at radius 2 is 1.42 bits per heavy atom. The molecule has 224 valence electrons. The fourth-order valence-corrected chi connectivity index (χ4v) is 6.50. The molecule has 2 amide bonds. The van der Waals surface area contributed by atoms with Crippen molar-refractivity contribution < 1.29 is 18.0 Å². The molecule has 0 fully saturated rings. The number of nitrogens with zero attached hydrogens (tertiary/aromatic N) is 2. The number of carbonyl (C=O) groups excluding carboxylic acids is 2. The Balaban J connectivity index is 1.81. The van der Waals surface area contributed by atoms with Crippen molar-refractivity contribution in [1.82, 2.24) is 10.2 Å². The molecule has 7 nitrogen and oxygen atoms in total. The maximum Gasteiger partial charge on any atom is 0.264 e. The zero-order valence-electron chi connectivity index (χ0n) is 24.1. The lowest BCUT2D eigenvalue weighted by Gasteiger charge is -2.34. The Labute approximate surface area is 263 Å². The van der Waals surface area contributed by atoms with Crippen molar-refractivity contribution in [2.45, 2.75) is 37.8 Å². The summed E-state index contributed by atoms with van der Waals surface area (Å²) in [6, 6.07) is 26.8. The molecule has 0 saturated carbocycles. The molecule has 4 aromatic carbocycles. The number of hydrogen-bond acceptors (Lipinski definition) is 4. The molecule has 0 aliphatic heterocycles. The number of nitrogens with one attached hydrogen (secondary N) is 1. The van der Waals surface area contributed by atoms with Crippen molar-refractivity contribution in [2.75, 3.05) is 17.9 Å². The molecular formula is C33H33Cl2N3O4S. The lowest BCUT2D eigenvalue weighted by molar-refractivity contribution is -0.139. The first-order valence-corrected chi connectivity index (χ1v) is 15.8. The minimum Gasteiger partial charge on any atom is -0.357 e. The molecule has 0 spiro atoms. The molecule has 0 bridgehead atoms. The molecule has 4 rings (SSSR count). The van der Waals surface area contributed by atoms with Crippen LogP contribution in [0.3, 0.4) is 0 Å². The zero-order chi connectivity index (χ0) is 31.1. The van der Waals surface area contributed by atoms with Gasteiger partial charge in [-0.25, -0.2) is 8.42 Å². The van der Waals surface area contributed by atoms with Crippen LogP contribution in [-0.2, 0) is 32.6 Å². The van der Waals surface area contributed by atoms with Crippen LogP contribution in [0.1, 0.15) is 22.3 Å². The maximum absolute atomic E-state index is 14.3. The summed E-state index contributed by atoms with van der Waals surface area (Å²) in [7, 11) is -2.78. The lowest BCUT2D eigenvalue weighted by Crippen LogP contribution is -2.53. The number of halogens is 2. The van der Waals surface area contributed by atoms with Gasteiger partial charge in [-0.15, -0.1) is 0 Å². The minimum atomic E-state index is -4.29. The van der Waals surface area contributed by atoms with E-state index in [0.29, 0.717) is 0 Å². The number of likely N-dealkylation sites (N-methyl/N-ethyl adjacent to an activating group) is 1. The molecule has 43 heavy (non-hydrogen) atoms. The molecule has 0 unspecified atom stereocenters. The van der Waals surface area contributed by atoms with E-state index >= 15 is 0 Å². The number of carbonyl (C=O) groups is 2. The van der Waals surface area contributed by atoms with Crippen LogP contribution in [0.15, 0.2) is 102 Å². The van der Waals surface area contributed by atoms with E-state index in [2.05, 4.69) is 5.32 Å². The van der Waals surface area contributed by atoms with Gasteiger partial charge in [0.05, 0.1) is 15.6 Å². The van der Waals surface area contributed by atoms with E-state index in [1.807, 2.05) is 68.4 Å². The van der Waals surface area contributed by atoms with Gasteiger partial charge in [-0.1, -0.05) is 101 Å². The van der Waals surface area contributed by atoms with Crippen molar-refractivity contribution in [3.05, 3.63) is 129 Å². The van der Waals surface area contributed by atoms with E-state index < -0.39 is 28.5 Å². The first kappa shape index (κ1) is 32.1. The summed E-state index contributed by atoms with van der Waals surface area (Å²) in [5.41, 5.74) is 3.60. The zero-order valence-corrected chi connectivity index (χ0v) is 26.5. The van der Waals surface area contributed by atoms with Gasteiger partial charge in [0.15, 0.2) is 0 Å². The van der Waals surface area contributed by atoms with Gasteiger partial charge in [0.1, 0.15) is 12.6 Å². The number of sulfonamides is 1. The van der Waals surface area contributed by atoms with E-state index in [1.165, 1.54) is 42.3 Å². The van der Waals surface area contributed by atoms with Crippen molar-refractivity contribution in [3.63, 3.8) is 0 Å². The summed E-state index contributed by atoms with van der Waals surface area (Å²) in [5.74, 6) is -0.963. The van der Waals surface area contributed by atoms with Crippen molar-refractivity contribution in [2.24, 2.45) is 0 Å². The van der Waals surface area contributed by atoms with E-state index in [1.54, 1.807) is 12.1 Å². The number of anilines is 1. The van der Waals surface area contributed by atoms with Gasteiger partial charge in [-0.05, 0) is 55.3 Å². The summed E-state index contributed by atoms with van der Waals surface area (Å²) >= 11 is 12.8. The van der Waals surface area contributed by atoms with Crippen molar-refractivity contribution in [3.8, 4) is 0 Å². The molecule has 0 aromatic heterocycles. The quantitative estimate of drug-likeness (QED) is 0.212. The van der Waals surface area contributed by atoms with Crippen LogP contribution in [-0.4, -0.2) is 44.8 Å². The smallest absolute Gasteiger partial charge is 0.264 e. The van der Waals surface area contributed by atoms with Crippen molar-refractivity contribution >= 4 is 50.7 Å². The minimum absolute atomic E-state index is 0.0147. The predicted molar refractivity (Wildman–Crippen MR) is 172 cm³/mol. The number of hydrogen-bond donors (Lipinski definition) is 1. The molecule has 1 atom stereocenters. The highest BCUT2D eigenvalue weighted by Crippen LogP contribution is 2.33. The Morgan fingerprint density at radius 1 is 0.814 bits per heavy atom. The number of rotatable bonds is 11. The summed E-state index contributed by atoms with van der Waals surface area (Å²) in [5, 5.41) is 3.03. The lowest BCUT2D eigenvalue weighted by atomic mass is 10.0. The Morgan fingerprint density at radius 3 is 2.02 bits per heavy atom. The highest BCUT2D eigenvalue weighted by molar-refractivity contribution is 7.92. The molecule has 0 aliphatic rings. The summed E-state index contributed by atoms with van der Waals surface area (Å²) < 4.78 is 29.1. The largest absolute Gasteiger partial charge is 0.357 e. The summed E-state index contributed by atoms with van der Waals surface area (Å²) in [6.07, 6.45) is 0.223. The second-order valence-corrected chi connectivity index (χ2v) is 13.0. The monoisotopic (exact) mass is 637 g/mol. The number of benzene rings is 4. The maximum atomic E-state index is 14.3. The first-order chi connectivity index (χ1) is 20.5. The van der Waals surface area contributed by atoms with Gasteiger partial charge >= 0.3 is 0 Å². The molecule has 0 saturated heterocycles. The SMILES string of the molecule is CNC(=O)[C@H](Cc1ccccc1)N(Cc1ccc(C)cc1)C(=O)CN(c1cc(Cl)ccc1Cl)S(=O)(=O)c1ccc(C)cc1. The third-order valence-corrected chi connectivity index (χ3v) is 9.38. The average Bonchev–Trinajstić information content (AvgIpc) is 3.00. The van der Waals surface area contributed by atoms with Gasteiger partial charge in [0, 0.05) is 25.0 Å². The van der Waals surface area contributed by atoms with Crippen LogP contribution in [0.2, 0.25) is 10.0 Å². The van der Waals surface area contributed by atoms with Crippen LogP contribution in [0, 0.1) is 13.8 Å².